The van der Waals surface area contributed by atoms with E-state index >= 15 is 0 Å². The standard InChI is InChI=1S/C19H23Cl/c1-13(2)11-16-6-9-17(10-7-16)19(20)18-8-5-14(3)15(4)12-18/h5-10,12-13,19H,11H2,1-4H3. The van der Waals surface area contributed by atoms with Crippen molar-refractivity contribution in [2.45, 2.75) is 39.5 Å². The summed E-state index contributed by atoms with van der Waals surface area (Å²) in [5, 5.41) is -0.0672. The first kappa shape index (κ1) is 15.1. The minimum Gasteiger partial charge on any atom is -0.113 e. The highest BCUT2D eigenvalue weighted by Gasteiger charge is 2.11. The summed E-state index contributed by atoms with van der Waals surface area (Å²) in [5.74, 6) is 0.687. The Morgan fingerprint density at radius 2 is 1.45 bits per heavy atom. The van der Waals surface area contributed by atoms with Crippen molar-refractivity contribution in [1.29, 1.82) is 0 Å². The zero-order chi connectivity index (χ0) is 14.7. The summed E-state index contributed by atoms with van der Waals surface area (Å²) in [6.45, 7) is 8.75. The van der Waals surface area contributed by atoms with Gasteiger partial charge in [-0.05, 0) is 54.0 Å². The quantitative estimate of drug-likeness (QED) is 0.620. The van der Waals surface area contributed by atoms with E-state index in [1.165, 1.54) is 27.8 Å². The van der Waals surface area contributed by atoms with Crippen LogP contribution in [0.2, 0.25) is 0 Å². The van der Waals surface area contributed by atoms with Gasteiger partial charge in [0.15, 0.2) is 0 Å². The Balaban J connectivity index is 2.20. The van der Waals surface area contributed by atoms with Crippen LogP contribution in [0.1, 0.15) is 47.0 Å². The average Bonchev–Trinajstić information content (AvgIpc) is 2.41. The third kappa shape index (κ3) is 3.64. The molecule has 0 aliphatic rings. The summed E-state index contributed by atoms with van der Waals surface area (Å²) < 4.78 is 0. The zero-order valence-electron chi connectivity index (χ0n) is 12.8. The van der Waals surface area contributed by atoms with Crippen LogP contribution in [0.25, 0.3) is 0 Å². The van der Waals surface area contributed by atoms with E-state index in [0.717, 1.165) is 6.42 Å². The summed E-state index contributed by atoms with van der Waals surface area (Å²) in [6, 6.07) is 15.2. The molecule has 0 fully saturated rings. The van der Waals surface area contributed by atoms with Crippen LogP contribution >= 0.6 is 11.6 Å². The Labute approximate surface area is 127 Å². The van der Waals surface area contributed by atoms with Crippen LogP contribution in [0, 0.1) is 19.8 Å². The Morgan fingerprint density at radius 3 is 2.00 bits per heavy atom. The zero-order valence-corrected chi connectivity index (χ0v) is 13.5. The van der Waals surface area contributed by atoms with Gasteiger partial charge in [0.05, 0.1) is 5.38 Å². The van der Waals surface area contributed by atoms with E-state index in [4.69, 9.17) is 11.6 Å². The predicted molar refractivity (Wildman–Crippen MR) is 88.6 cm³/mol. The molecule has 1 unspecified atom stereocenters. The van der Waals surface area contributed by atoms with Crippen molar-refractivity contribution < 1.29 is 0 Å². The van der Waals surface area contributed by atoms with Crippen LogP contribution in [0.4, 0.5) is 0 Å². The maximum Gasteiger partial charge on any atom is 0.0835 e. The molecule has 0 aromatic heterocycles. The van der Waals surface area contributed by atoms with Gasteiger partial charge in [-0.3, -0.25) is 0 Å². The van der Waals surface area contributed by atoms with E-state index in [2.05, 4.69) is 70.2 Å². The molecule has 0 aliphatic carbocycles. The summed E-state index contributed by atoms with van der Waals surface area (Å²) >= 11 is 6.61. The molecule has 1 heteroatoms. The highest BCUT2D eigenvalue weighted by Crippen LogP contribution is 2.30. The number of hydrogen-bond donors (Lipinski definition) is 0. The first-order chi connectivity index (χ1) is 9.47. The SMILES string of the molecule is Cc1ccc(C(Cl)c2ccc(CC(C)C)cc2)cc1C. The molecule has 0 nitrogen and oxygen atoms in total. The molecule has 0 N–H and O–H groups in total. The van der Waals surface area contributed by atoms with E-state index < -0.39 is 0 Å². The Bertz CT molecular complexity index is 567. The minimum absolute atomic E-state index is 0.0672. The Morgan fingerprint density at radius 1 is 0.850 bits per heavy atom. The second kappa shape index (κ2) is 6.45. The Hall–Kier alpha value is -1.27. The summed E-state index contributed by atoms with van der Waals surface area (Å²) in [4.78, 5) is 0. The molecule has 0 radical (unpaired) electrons. The predicted octanol–water partition coefficient (Wildman–Crippen LogP) is 5.83. The fourth-order valence-electron chi connectivity index (χ4n) is 2.41. The maximum absolute atomic E-state index is 6.61. The number of alkyl halides is 1. The molecular formula is C19H23Cl. The van der Waals surface area contributed by atoms with Crippen LogP contribution < -0.4 is 0 Å². The number of hydrogen-bond acceptors (Lipinski definition) is 0. The molecule has 0 bridgehead atoms. The number of rotatable bonds is 4. The van der Waals surface area contributed by atoms with Crippen molar-refractivity contribution in [2.24, 2.45) is 5.92 Å². The van der Waals surface area contributed by atoms with Crippen molar-refractivity contribution in [3.05, 3.63) is 70.3 Å². The lowest BCUT2D eigenvalue weighted by Crippen LogP contribution is -1.97. The molecule has 2 aromatic carbocycles. The molecule has 0 saturated carbocycles. The highest BCUT2D eigenvalue weighted by atomic mass is 35.5. The van der Waals surface area contributed by atoms with Gasteiger partial charge in [-0.15, -0.1) is 11.6 Å². The fraction of sp³-hybridized carbons (Fsp3) is 0.368. The van der Waals surface area contributed by atoms with Crippen molar-refractivity contribution in [1.82, 2.24) is 0 Å². The molecule has 20 heavy (non-hydrogen) atoms. The summed E-state index contributed by atoms with van der Waals surface area (Å²) in [7, 11) is 0. The van der Waals surface area contributed by atoms with Crippen LogP contribution in [0.15, 0.2) is 42.5 Å². The average molecular weight is 287 g/mol. The van der Waals surface area contributed by atoms with Crippen LogP contribution in [0.5, 0.6) is 0 Å². The van der Waals surface area contributed by atoms with E-state index in [1.54, 1.807) is 0 Å². The first-order valence-electron chi connectivity index (χ1n) is 7.27. The maximum atomic E-state index is 6.61. The second-order valence-corrected chi connectivity index (χ2v) is 6.48. The minimum atomic E-state index is -0.0672. The fourth-order valence-corrected chi connectivity index (χ4v) is 2.69. The highest BCUT2D eigenvalue weighted by molar-refractivity contribution is 6.22. The molecule has 2 rings (SSSR count). The van der Waals surface area contributed by atoms with Crippen LogP contribution in [-0.4, -0.2) is 0 Å². The second-order valence-electron chi connectivity index (χ2n) is 6.05. The third-order valence-corrected chi connectivity index (χ3v) is 4.24. The molecule has 0 saturated heterocycles. The van der Waals surface area contributed by atoms with E-state index in [1.807, 2.05) is 0 Å². The lowest BCUT2D eigenvalue weighted by atomic mass is 9.97. The van der Waals surface area contributed by atoms with Crippen molar-refractivity contribution in [3.63, 3.8) is 0 Å². The number of benzene rings is 2. The van der Waals surface area contributed by atoms with Gasteiger partial charge in [0, 0.05) is 0 Å². The molecule has 0 heterocycles. The first-order valence-corrected chi connectivity index (χ1v) is 7.71. The third-order valence-electron chi connectivity index (χ3n) is 3.74. The molecule has 1 atom stereocenters. The van der Waals surface area contributed by atoms with Crippen LogP contribution in [-0.2, 0) is 6.42 Å². The number of halogens is 1. The molecular weight excluding hydrogens is 264 g/mol. The topological polar surface area (TPSA) is 0 Å². The van der Waals surface area contributed by atoms with Gasteiger partial charge in [-0.2, -0.15) is 0 Å². The van der Waals surface area contributed by atoms with E-state index in [9.17, 15) is 0 Å². The molecule has 106 valence electrons. The van der Waals surface area contributed by atoms with Gasteiger partial charge < -0.3 is 0 Å². The lowest BCUT2D eigenvalue weighted by Gasteiger charge is -2.13. The number of aryl methyl sites for hydroxylation is 2. The lowest BCUT2D eigenvalue weighted by molar-refractivity contribution is 0.647. The smallest absolute Gasteiger partial charge is 0.0835 e. The van der Waals surface area contributed by atoms with Crippen molar-refractivity contribution in [2.75, 3.05) is 0 Å². The van der Waals surface area contributed by atoms with Crippen molar-refractivity contribution in [3.8, 4) is 0 Å². The monoisotopic (exact) mass is 286 g/mol. The molecule has 0 aliphatic heterocycles. The van der Waals surface area contributed by atoms with Gasteiger partial charge in [0.2, 0.25) is 0 Å². The van der Waals surface area contributed by atoms with Gasteiger partial charge in [0.25, 0.3) is 0 Å². The van der Waals surface area contributed by atoms with E-state index in [0.29, 0.717) is 5.92 Å². The molecule has 0 spiro atoms. The Kier molecular flexibility index (Phi) is 4.88. The van der Waals surface area contributed by atoms with Gasteiger partial charge in [-0.25, -0.2) is 0 Å². The van der Waals surface area contributed by atoms with E-state index in [-0.39, 0.29) is 5.38 Å². The van der Waals surface area contributed by atoms with Gasteiger partial charge in [-0.1, -0.05) is 56.3 Å². The molecule has 0 amide bonds. The summed E-state index contributed by atoms with van der Waals surface area (Å²) in [6.07, 6.45) is 1.12. The normalized spacial score (nSPS) is 12.7. The molecule has 2 aromatic rings. The summed E-state index contributed by atoms with van der Waals surface area (Å²) in [5.41, 5.74) is 6.33. The van der Waals surface area contributed by atoms with Gasteiger partial charge >= 0.3 is 0 Å². The largest absolute Gasteiger partial charge is 0.113 e. The van der Waals surface area contributed by atoms with Gasteiger partial charge in [0.1, 0.15) is 0 Å². The van der Waals surface area contributed by atoms with Crippen molar-refractivity contribution >= 4 is 11.6 Å². The van der Waals surface area contributed by atoms with Crippen LogP contribution in [0.3, 0.4) is 0 Å².